The summed E-state index contributed by atoms with van der Waals surface area (Å²) in [6.45, 7) is 0. The number of nitrogens with one attached hydrogen (secondary N) is 1. The Labute approximate surface area is 154 Å². The summed E-state index contributed by atoms with van der Waals surface area (Å²) in [5.74, 6) is -0.204. The quantitative estimate of drug-likeness (QED) is 0.801. The Bertz CT molecular complexity index is 880. The van der Waals surface area contributed by atoms with E-state index in [-0.39, 0.29) is 29.3 Å². The molecule has 0 saturated carbocycles. The van der Waals surface area contributed by atoms with Crippen molar-refractivity contribution in [3.8, 4) is 0 Å². The van der Waals surface area contributed by atoms with Crippen molar-refractivity contribution in [3.05, 3.63) is 59.2 Å². The van der Waals surface area contributed by atoms with Crippen molar-refractivity contribution in [3.63, 3.8) is 0 Å². The molecule has 134 valence electrons. The third-order valence-electron chi connectivity index (χ3n) is 4.33. The summed E-state index contributed by atoms with van der Waals surface area (Å²) in [5, 5.41) is 3.04. The number of aryl methyl sites for hydroxylation is 1. The Morgan fingerprint density at radius 2 is 1.84 bits per heavy atom. The van der Waals surface area contributed by atoms with Gasteiger partial charge in [0.1, 0.15) is 0 Å². The van der Waals surface area contributed by atoms with Gasteiger partial charge in [-0.25, -0.2) is 8.42 Å². The van der Waals surface area contributed by atoms with Crippen molar-refractivity contribution in [2.75, 3.05) is 12.0 Å². The molecule has 0 heterocycles. The van der Waals surface area contributed by atoms with Gasteiger partial charge in [-0.1, -0.05) is 6.07 Å². The van der Waals surface area contributed by atoms with Gasteiger partial charge in [-0.15, -0.1) is 12.4 Å². The molecule has 0 spiro atoms. The molecule has 3 rings (SSSR count). The number of sulfone groups is 1. The molecule has 2 aromatic rings. The van der Waals surface area contributed by atoms with E-state index in [1.165, 1.54) is 17.7 Å². The van der Waals surface area contributed by atoms with E-state index in [0.29, 0.717) is 5.56 Å². The number of carbonyl (C=O) groups is 1. The van der Waals surface area contributed by atoms with Crippen LogP contribution in [0.3, 0.4) is 0 Å². The highest BCUT2D eigenvalue weighted by Crippen LogP contribution is 2.31. The zero-order valence-corrected chi connectivity index (χ0v) is 15.5. The SMILES string of the molecule is CS(=O)(=O)c1ccc(C(=O)NC2CCCc3cc(N)ccc32)cc1.Cl. The highest BCUT2D eigenvalue weighted by molar-refractivity contribution is 7.90. The molecule has 0 radical (unpaired) electrons. The molecular formula is C18H21ClN2O3S. The van der Waals surface area contributed by atoms with Gasteiger partial charge in [0.25, 0.3) is 5.91 Å². The number of carbonyl (C=O) groups excluding carboxylic acids is 1. The largest absolute Gasteiger partial charge is 0.399 e. The van der Waals surface area contributed by atoms with Gasteiger partial charge in [0.2, 0.25) is 0 Å². The number of anilines is 1. The van der Waals surface area contributed by atoms with Crippen LogP contribution >= 0.6 is 12.4 Å². The normalized spacial score (nSPS) is 16.4. The van der Waals surface area contributed by atoms with Gasteiger partial charge in [0, 0.05) is 17.5 Å². The highest BCUT2D eigenvalue weighted by atomic mass is 35.5. The average molecular weight is 381 g/mol. The van der Waals surface area contributed by atoms with Crippen LogP contribution in [0, 0.1) is 0 Å². The van der Waals surface area contributed by atoms with E-state index in [2.05, 4.69) is 5.32 Å². The summed E-state index contributed by atoms with van der Waals surface area (Å²) in [6.07, 6.45) is 3.99. The van der Waals surface area contributed by atoms with Crippen LogP contribution in [0.4, 0.5) is 5.69 Å². The second-order valence-electron chi connectivity index (χ2n) is 6.17. The molecule has 7 heteroatoms. The van der Waals surface area contributed by atoms with Crippen LogP contribution in [0.25, 0.3) is 0 Å². The van der Waals surface area contributed by atoms with E-state index in [1.807, 2.05) is 18.2 Å². The fraction of sp³-hybridized carbons (Fsp3) is 0.278. The molecule has 0 fully saturated rings. The van der Waals surface area contributed by atoms with Gasteiger partial charge in [-0.2, -0.15) is 0 Å². The van der Waals surface area contributed by atoms with E-state index in [1.54, 1.807) is 12.1 Å². The highest BCUT2D eigenvalue weighted by Gasteiger charge is 2.22. The lowest BCUT2D eigenvalue weighted by atomic mass is 9.87. The summed E-state index contributed by atoms with van der Waals surface area (Å²) in [6, 6.07) is 11.7. The fourth-order valence-electron chi connectivity index (χ4n) is 3.08. The Morgan fingerprint density at radius 1 is 1.16 bits per heavy atom. The maximum atomic E-state index is 12.5. The van der Waals surface area contributed by atoms with Gasteiger partial charge in [0.15, 0.2) is 9.84 Å². The Hall–Kier alpha value is -2.05. The van der Waals surface area contributed by atoms with Crippen molar-refractivity contribution in [1.29, 1.82) is 0 Å². The number of nitrogen functional groups attached to an aromatic ring is 1. The lowest BCUT2D eigenvalue weighted by molar-refractivity contribution is 0.0932. The first-order chi connectivity index (χ1) is 11.3. The van der Waals surface area contributed by atoms with Crippen LogP contribution in [0.1, 0.15) is 40.4 Å². The molecule has 5 nitrogen and oxygen atoms in total. The van der Waals surface area contributed by atoms with Gasteiger partial charge in [-0.05, 0) is 66.8 Å². The van der Waals surface area contributed by atoms with E-state index < -0.39 is 9.84 Å². The first-order valence-corrected chi connectivity index (χ1v) is 9.73. The van der Waals surface area contributed by atoms with Crippen molar-refractivity contribution in [2.45, 2.75) is 30.2 Å². The first kappa shape index (κ1) is 19.3. The summed E-state index contributed by atoms with van der Waals surface area (Å²) < 4.78 is 23.0. The second kappa shape index (κ2) is 7.45. The maximum absolute atomic E-state index is 12.5. The number of nitrogens with two attached hydrogens (primary N) is 1. The van der Waals surface area contributed by atoms with Gasteiger partial charge in [0.05, 0.1) is 10.9 Å². The molecule has 0 aromatic heterocycles. The van der Waals surface area contributed by atoms with Crippen molar-refractivity contribution in [1.82, 2.24) is 5.32 Å². The van der Waals surface area contributed by atoms with E-state index in [4.69, 9.17) is 5.73 Å². The number of rotatable bonds is 3. The van der Waals surface area contributed by atoms with E-state index >= 15 is 0 Å². The smallest absolute Gasteiger partial charge is 0.251 e. The topological polar surface area (TPSA) is 89.3 Å². The zero-order valence-electron chi connectivity index (χ0n) is 13.9. The zero-order chi connectivity index (χ0) is 17.3. The number of fused-ring (bicyclic) bond motifs is 1. The lowest BCUT2D eigenvalue weighted by Gasteiger charge is -2.26. The maximum Gasteiger partial charge on any atom is 0.251 e. The predicted octanol–water partition coefficient (Wildman–Crippen LogP) is 2.90. The van der Waals surface area contributed by atoms with Gasteiger partial charge in [-0.3, -0.25) is 4.79 Å². The van der Waals surface area contributed by atoms with Crippen LogP contribution < -0.4 is 11.1 Å². The summed E-state index contributed by atoms with van der Waals surface area (Å²) in [7, 11) is -3.26. The monoisotopic (exact) mass is 380 g/mol. The molecule has 0 aliphatic heterocycles. The molecule has 1 atom stereocenters. The Kier molecular flexibility index (Phi) is 5.75. The number of hydrogen-bond acceptors (Lipinski definition) is 4. The molecule has 1 aliphatic rings. The molecule has 1 unspecified atom stereocenters. The molecule has 1 amide bonds. The van der Waals surface area contributed by atoms with Crippen LogP contribution in [0.2, 0.25) is 0 Å². The van der Waals surface area contributed by atoms with Crippen molar-refractivity contribution < 1.29 is 13.2 Å². The summed E-state index contributed by atoms with van der Waals surface area (Å²) >= 11 is 0. The minimum absolute atomic E-state index is 0. The molecule has 2 aromatic carbocycles. The van der Waals surface area contributed by atoms with E-state index in [0.717, 1.165) is 36.8 Å². The number of halogens is 1. The van der Waals surface area contributed by atoms with Crippen molar-refractivity contribution in [2.24, 2.45) is 0 Å². The first-order valence-electron chi connectivity index (χ1n) is 7.84. The fourth-order valence-corrected chi connectivity index (χ4v) is 3.71. The van der Waals surface area contributed by atoms with Gasteiger partial charge >= 0.3 is 0 Å². The van der Waals surface area contributed by atoms with Crippen LogP contribution in [-0.2, 0) is 16.3 Å². The van der Waals surface area contributed by atoms with Crippen LogP contribution in [0.15, 0.2) is 47.4 Å². The molecule has 0 saturated heterocycles. The minimum atomic E-state index is -3.26. The standard InChI is InChI=1S/C18H20N2O3S.ClH/c1-24(22,23)15-8-5-12(6-9-15)18(21)20-17-4-2-3-13-11-14(19)7-10-16(13)17;/h5-11,17H,2-4,19H2,1H3,(H,20,21);1H. The average Bonchev–Trinajstić information content (AvgIpc) is 2.54. The molecule has 25 heavy (non-hydrogen) atoms. The summed E-state index contributed by atoms with van der Waals surface area (Å²) in [5.41, 5.74) is 9.30. The molecule has 0 bridgehead atoms. The number of benzene rings is 2. The van der Waals surface area contributed by atoms with Crippen molar-refractivity contribution >= 4 is 33.8 Å². The Balaban J connectivity index is 0.00000225. The van der Waals surface area contributed by atoms with Crippen LogP contribution in [-0.4, -0.2) is 20.6 Å². The third-order valence-corrected chi connectivity index (χ3v) is 5.46. The Morgan fingerprint density at radius 3 is 2.48 bits per heavy atom. The number of amides is 1. The van der Waals surface area contributed by atoms with Crippen LogP contribution in [0.5, 0.6) is 0 Å². The molecular weight excluding hydrogens is 360 g/mol. The minimum Gasteiger partial charge on any atom is -0.399 e. The lowest BCUT2D eigenvalue weighted by Crippen LogP contribution is -2.31. The summed E-state index contributed by atoms with van der Waals surface area (Å²) in [4.78, 5) is 12.7. The molecule has 1 aliphatic carbocycles. The van der Waals surface area contributed by atoms with E-state index in [9.17, 15) is 13.2 Å². The predicted molar refractivity (Wildman–Crippen MR) is 101 cm³/mol. The second-order valence-corrected chi connectivity index (χ2v) is 8.19. The molecule has 3 N–H and O–H groups in total. The number of hydrogen-bond donors (Lipinski definition) is 2. The third kappa shape index (κ3) is 4.32. The van der Waals surface area contributed by atoms with Gasteiger partial charge < -0.3 is 11.1 Å².